The molecule has 9 nitrogen and oxygen atoms in total. The molecule has 1 saturated heterocycles. The lowest BCUT2D eigenvalue weighted by Gasteiger charge is -2.40. The van der Waals surface area contributed by atoms with E-state index in [4.69, 9.17) is 14.2 Å². The van der Waals surface area contributed by atoms with Crippen molar-refractivity contribution < 1.29 is 43.8 Å². The molecule has 1 aliphatic heterocycles. The predicted molar refractivity (Wildman–Crippen MR) is 110 cm³/mol. The molecular weight excluding hydrogens is 425 g/mol. The van der Waals surface area contributed by atoms with Crippen molar-refractivity contribution in [3.05, 3.63) is 53.3 Å². The van der Waals surface area contributed by atoms with Gasteiger partial charge in [-0.2, -0.15) is 0 Å². The molecule has 1 aromatic carbocycles. The molecular formula is C22H28FNO8. The van der Waals surface area contributed by atoms with Gasteiger partial charge in [-0.15, -0.1) is 0 Å². The summed E-state index contributed by atoms with van der Waals surface area (Å²) in [6, 6.07) is 7.06. The highest BCUT2D eigenvalue weighted by molar-refractivity contribution is 5.82. The molecule has 32 heavy (non-hydrogen) atoms. The topological polar surface area (TPSA) is 138 Å². The highest BCUT2D eigenvalue weighted by Gasteiger charge is 2.47. The summed E-state index contributed by atoms with van der Waals surface area (Å²) in [5.74, 6) is -1.29. The molecule has 10 heteroatoms. The summed E-state index contributed by atoms with van der Waals surface area (Å²) in [5.41, 5.74) is 1.40. The Morgan fingerprint density at radius 3 is 2.53 bits per heavy atom. The Hall–Kier alpha value is -2.50. The molecule has 7 unspecified atom stereocenters. The van der Waals surface area contributed by atoms with Crippen LogP contribution in [0.2, 0.25) is 0 Å². The van der Waals surface area contributed by atoms with Crippen LogP contribution in [0.3, 0.4) is 0 Å². The maximum absolute atomic E-state index is 14.0. The molecule has 7 atom stereocenters. The van der Waals surface area contributed by atoms with Gasteiger partial charge in [-0.05, 0) is 36.3 Å². The number of aliphatic hydroxyl groups is 4. The van der Waals surface area contributed by atoms with Crippen molar-refractivity contribution in [3.63, 3.8) is 0 Å². The summed E-state index contributed by atoms with van der Waals surface area (Å²) in [5, 5.41) is 42.5. The maximum Gasteiger partial charge on any atom is 0.234 e. The van der Waals surface area contributed by atoms with Crippen molar-refractivity contribution in [3.8, 4) is 5.75 Å². The van der Waals surface area contributed by atoms with Crippen molar-refractivity contribution in [2.24, 2.45) is 5.92 Å². The number of methoxy groups -OCH3 is 1. The van der Waals surface area contributed by atoms with Crippen LogP contribution in [0.5, 0.6) is 5.75 Å². The number of benzene rings is 1. The zero-order chi connectivity index (χ0) is 23.4. The van der Waals surface area contributed by atoms with Crippen molar-refractivity contribution in [1.82, 2.24) is 5.32 Å². The SMILES string of the molecule is COc1ccc(CNC(=O)C2C(O)=CC(C)=CC2OC2OC(CO)C(F)C(O)C2O)cc1. The van der Waals surface area contributed by atoms with Gasteiger partial charge in [0.25, 0.3) is 0 Å². The first-order valence-electron chi connectivity index (χ1n) is 10.2. The molecule has 1 aliphatic carbocycles. The predicted octanol–water partition coefficient (Wildman–Crippen LogP) is 0.492. The van der Waals surface area contributed by atoms with Crippen LogP contribution >= 0.6 is 0 Å². The number of hydrogen-bond donors (Lipinski definition) is 5. The highest BCUT2D eigenvalue weighted by Crippen LogP contribution is 2.31. The Morgan fingerprint density at radius 1 is 1.22 bits per heavy atom. The number of hydrogen-bond acceptors (Lipinski definition) is 8. The summed E-state index contributed by atoms with van der Waals surface area (Å²) >= 11 is 0. The number of carbonyl (C=O) groups excluding carboxylic acids is 1. The maximum atomic E-state index is 14.0. The average Bonchev–Trinajstić information content (AvgIpc) is 2.77. The third kappa shape index (κ3) is 5.28. The molecule has 0 spiro atoms. The van der Waals surface area contributed by atoms with Crippen LogP contribution in [0.15, 0.2) is 47.7 Å². The number of allylic oxidation sites excluding steroid dienone is 2. The molecule has 1 aromatic rings. The van der Waals surface area contributed by atoms with E-state index in [9.17, 15) is 29.6 Å². The number of carbonyl (C=O) groups is 1. The second kappa shape index (κ2) is 10.4. The summed E-state index contributed by atoms with van der Waals surface area (Å²) in [7, 11) is 1.55. The van der Waals surface area contributed by atoms with Crippen LogP contribution < -0.4 is 10.1 Å². The van der Waals surface area contributed by atoms with Crippen LogP contribution in [0.25, 0.3) is 0 Å². The van der Waals surface area contributed by atoms with Crippen LogP contribution in [0, 0.1) is 5.92 Å². The minimum Gasteiger partial charge on any atom is -0.511 e. The fourth-order valence-electron chi connectivity index (χ4n) is 3.65. The molecule has 3 rings (SSSR count). The van der Waals surface area contributed by atoms with Gasteiger partial charge in [0.1, 0.15) is 35.7 Å². The number of ether oxygens (including phenoxy) is 3. The molecule has 1 heterocycles. The van der Waals surface area contributed by atoms with Gasteiger partial charge in [0.2, 0.25) is 5.91 Å². The lowest BCUT2D eigenvalue weighted by atomic mass is 9.91. The molecule has 1 fully saturated rings. The van der Waals surface area contributed by atoms with Crippen LogP contribution in [-0.4, -0.2) is 76.9 Å². The first-order valence-corrected chi connectivity index (χ1v) is 10.2. The van der Waals surface area contributed by atoms with E-state index >= 15 is 0 Å². The van der Waals surface area contributed by atoms with Crippen molar-refractivity contribution >= 4 is 5.91 Å². The fraction of sp³-hybridized carbons (Fsp3) is 0.500. The molecule has 176 valence electrons. The number of alkyl halides is 1. The Bertz CT molecular complexity index is 856. The molecule has 0 bridgehead atoms. The van der Waals surface area contributed by atoms with E-state index < -0.39 is 55.3 Å². The van der Waals surface area contributed by atoms with Gasteiger partial charge in [-0.25, -0.2) is 4.39 Å². The van der Waals surface area contributed by atoms with E-state index in [1.54, 1.807) is 44.4 Å². The van der Waals surface area contributed by atoms with Gasteiger partial charge in [0, 0.05) is 6.54 Å². The smallest absolute Gasteiger partial charge is 0.234 e. The van der Waals surface area contributed by atoms with Gasteiger partial charge in [0.15, 0.2) is 12.5 Å². The van der Waals surface area contributed by atoms with Crippen molar-refractivity contribution in [2.75, 3.05) is 13.7 Å². The largest absolute Gasteiger partial charge is 0.511 e. The van der Waals surface area contributed by atoms with Crippen molar-refractivity contribution in [1.29, 1.82) is 0 Å². The summed E-state index contributed by atoms with van der Waals surface area (Å²) in [6.45, 7) is 1.12. The molecule has 1 amide bonds. The average molecular weight is 453 g/mol. The Labute approximate surface area is 184 Å². The van der Waals surface area contributed by atoms with E-state index in [2.05, 4.69) is 5.32 Å². The van der Waals surface area contributed by atoms with Crippen LogP contribution in [-0.2, 0) is 20.8 Å². The standard InChI is InChI=1S/C22H28FNO8/c1-11-7-14(26)17(21(29)24-9-12-3-5-13(30-2)6-4-12)15(8-11)31-22-20(28)19(27)18(23)16(10-25)32-22/h3-8,15-20,22,25-28H,9-10H2,1-2H3,(H,24,29). The molecule has 0 radical (unpaired) electrons. The van der Waals surface area contributed by atoms with Gasteiger partial charge >= 0.3 is 0 Å². The summed E-state index contributed by atoms with van der Waals surface area (Å²) in [6.07, 6.45) is -6.63. The minimum absolute atomic E-state index is 0.180. The number of nitrogens with one attached hydrogen (secondary N) is 1. The first-order chi connectivity index (χ1) is 15.2. The zero-order valence-electron chi connectivity index (χ0n) is 17.7. The molecule has 0 saturated carbocycles. The number of halogens is 1. The van der Waals surface area contributed by atoms with Crippen LogP contribution in [0.1, 0.15) is 12.5 Å². The minimum atomic E-state index is -2.00. The van der Waals surface area contributed by atoms with Gasteiger partial charge in [0.05, 0.1) is 19.8 Å². The highest BCUT2D eigenvalue weighted by atomic mass is 19.1. The lowest BCUT2D eigenvalue weighted by molar-refractivity contribution is -0.300. The third-order valence-corrected chi connectivity index (χ3v) is 5.45. The van der Waals surface area contributed by atoms with Gasteiger partial charge < -0.3 is 40.0 Å². The lowest BCUT2D eigenvalue weighted by Crippen LogP contribution is -2.58. The first kappa shape index (κ1) is 24.1. The normalized spacial score (nSPS) is 32.6. The second-order valence-electron chi connectivity index (χ2n) is 7.78. The van der Waals surface area contributed by atoms with Gasteiger partial charge in [-0.1, -0.05) is 18.2 Å². The summed E-state index contributed by atoms with van der Waals surface area (Å²) in [4.78, 5) is 12.9. The third-order valence-electron chi connectivity index (χ3n) is 5.45. The van der Waals surface area contributed by atoms with E-state index in [1.165, 1.54) is 6.08 Å². The Balaban J connectivity index is 1.71. The Kier molecular flexibility index (Phi) is 7.86. The van der Waals surface area contributed by atoms with Crippen molar-refractivity contribution in [2.45, 2.75) is 50.3 Å². The van der Waals surface area contributed by atoms with Gasteiger partial charge in [-0.3, -0.25) is 4.79 Å². The van der Waals surface area contributed by atoms with E-state index in [0.29, 0.717) is 11.3 Å². The molecule has 5 N–H and O–H groups in total. The number of rotatable bonds is 7. The monoisotopic (exact) mass is 453 g/mol. The molecule has 0 aromatic heterocycles. The summed E-state index contributed by atoms with van der Waals surface area (Å²) < 4.78 is 30.0. The van der Waals surface area contributed by atoms with Crippen LogP contribution in [0.4, 0.5) is 4.39 Å². The zero-order valence-corrected chi connectivity index (χ0v) is 17.7. The van der Waals surface area contributed by atoms with E-state index in [-0.39, 0.29) is 12.3 Å². The van der Waals surface area contributed by atoms with E-state index in [0.717, 1.165) is 5.56 Å². The number of amides is 1. The van der Waals surface area contributed by atoms with E-state index in [1.807, 2.05) is 0 Å². The quantitative estimate of drug-likeness (QED) is 0.402. The second-order valence-corrected chi connectivity index (χ2v) is 7.78. The fourth-order valence-corrected chi connectivity index (χ4v) is 3.65. The molecule has 2 aliphatic rings. The Morgan fingerprint density at radius 2 is 1.91 bits per heavy atom. The number of aliphatic hydroxyl groups excluding tert-OH is 4.